The monoisotopic (exact) mass is 177 g/mol. The van der Waals surface area contributed by atoms with Crippen LogP contribution in [0.15, 0.2) is 0 Å². The van der Waals surface area contributed by atoms with Crippen molar-refractivity contribution in [2.75, 3.05) is 19.8 Å². The lowest BCUT2D eigenvalue weighted by atomic mass is 9.89. The molecule has 2 fully saturated rings. The van der Waals surface area contributed by atoms with E-state index < -0.39 is 18.1 Å². The first-order valence-corrected chi connectivity index (χ1v) is 4.33. The first-order valence-electron chi connectivity index (χ1n) is 4.33. The molecular formula is C8H13F2NO. The van der Waals surface area contributed by atoms with Crippen LogP contribution in [-0.2, 0) is 4.74 Å². The van der Waals surface area contributed by atoms with Gasteiger partial charge in [0, 0.05) is 12.0 Å². The van der Waals surface area contributed by atoms with Crippen LogP contribution < -0.4 is 5.32 Å². The van der Waals surface area contributed by atoms with E-state index >= 15 is 0 Å². The zero-order valence-electron chi connectivity index (χ0n) is 6.91. The van der Waals surface area contributed by atoms with Gasteiger partial charge in [0.15, 0.2) is 0 Å². The lowest BCUT2D eigenvalue weighted by Crippen LogP contribution is -2.53. The number of hydrogen-bond acceptors (Lipinski definition) is 2. The first kappa shape index (κ1) is 8.38. The second kappa shape index (κ2) is 2.64. The van der Waals surface area contributed by atoms with E-state index in [-0.39, 0.29) is 6.42 Å². The molecule has 0 aliphatic carbocycles. The van der Waals surface area contributed by atoms with E-state index in [9.17, 15) is 8.78 Å². The van der Waals surface area contributed by atoms with E-state index in [0.29, 0.717) is 6.61 Å². The average Bonchev–Trinajstić information content (AvgIpc) is 2.34. The molecule has 1 spiro atoms. The fourth-order valence-electron chi connectivity index (χ4n) is 2.14. The molecule has 2 aliphatic rings. The SMILES string of the molecule is FC1(F)COCC2(CCCN2)C1. The van der Waals surface area contributed by atoms with Crippen molar-refractivity contribution < 1.29 is 13.5 Å². The number of ether oxygens (including phenoxy) is 1. The number of halogens is 2. The van der Waals surface area contributed by atoms with Crippen LogP contribution in [0.1, 0.15) is 19.3 Å². The number of rotatable bonds is 0. The highest BCUT2D eigenvalue weighted by molar-refractivity contribution is 4.99. The molecule has 0 aromatic heterocycles. The molecule has 0 saturated carbocycles. The molecule has 2 heterocycles. The molecule has 0 aromatic carbocycles. The predicted molar refractivity (Wildman–Crippen MR) is 40.4 cm³/mol. The molecule has 2 rings (SSSR count). The molecular weight excluding hydrogens is 164 g/mol. The van der Waals surface area contributed by atoms with Crippen LogP contribution in [0, 0.1) is 0 Å². The van der Waals surface area contributed by atoms with E-state index in [0.717, 1.165) is 19.4 Å². The molecule has 2 aliphatic heterocycles. The van der Waals surface area contributed by atoms with Gasteiger partial charge in [-0.3, -0.25) is 0 Å². The van der Waals surface area contributed by atoms with E-state index in [1.807, 2.05) is 0 Å². The van der Waals surface area contributed by atoms with Crippen molar-refractivity contribution in [1.82, 2.24) is 5.32 Å². The Morgan fingerprint density at radius 3 is 2.67 bits per heavy atom. The third-order valence-corrected chi connectivity index (χ3v) is 2.62. The predicted octanol–water partition coefficient (Wildman–Crippen LogP) is 1.16. The highest BCUT2D eigenvalue weighted by atomic mass is 19.3. The fourth-order valence-corrected chi connectivity index (χ4v) is 2.14. The largest absolute Gasteiger partial charge is 0.373 e. The molecule has 4 heteroatoms. The van der Waals surface area contributed by atoms with E-state index in [4.69, 9.17) is 4.74 Å². The van der Waals surface area contributed by atoms with Gasteiger partial charge in [-0.1, -0.05) is 0 Å². The molecule has 0 radical (unpaired) electrons. The van der Waals surface area contributed by atoms with Crippen LogP contribution in [0.2, 0.25) is 0 Å². The van der Waals surface area contributed by atoms with Crippen LogP contribution >= 0.6 is 0 Å². The molecule has 0 aromatic rings. The number of alkyl halides is 2. The van der Waals surface area contributed by atoms with Crippen molar-refractivity contribution in [3.8, 4) is 0 Å². The van der Waals surface area contributed by atoms with E-state index in [2.05, 4.69) is 5.32 Å². The van der Waals surface area contributed by atoms with Gasteiger partial charge in [0.2, 0.25) is 0 Å². The summed E-state index contributed by atoms with van der Waals surface area (Å²) in [5.41, 5.74) is -0.415. The van der Waals surface area contributed by atoms with Crippen LogP contribution in [0.25, 0.3) is 0 Å². The Labute approximate surface area is 70.3 Å². The molecule has 1 atom stereocenters. The van der Waals surface area contributed by atoms with Crippen LogP contribution in [0.4, 0.5) is 8.78 Å². The molecule has 1 unspecified atom stereocenters. The summed E-state index contributed by atoms with van der Waals surface area (Å²) in [5, 5.41) is 3.12. The normalized spacial score (nSPS) is 40.5. The molecule has 70 valence electrons. The summed E-state index contributed by atoms with van der Waals surface area (Å²) >= 11 is 0. The molecule has 0 bridgehead atoms. The standard InChI is InChI=1S/C8H13F2NO/c9-8(10)4-7(5-12-6-8)2-1-3-11-7/h11H,1-6H2. The highest BCUT2D eigenvalue weighted by Gasteiger charge is 2.47. The van der Waals surface area contributed by atoms with Crippen molar-refractivity contribution in [2.24, 2.45) is 0 Å². The van der Waals surface area contributed by atoms with Crippen LogP contribution in [0.3, 0.4) is 0 Å². The van der Waals surface area contributed by atoms with Gasteiger partial charge in [-0.05, 0) is 19.4 Å². The van der Waals surface area contributed by atoms with Gasteiger partial charge in [0.1, 0.15) is 6.61 Å². The van der Waals surface area contributed by atoms with Crippen molar-refractivity contribution >= 4 is 0 Å². The van der Waals surface area contributed by atoms with Gasteiger partial charge in [0.05, 0.1) is 6.61 Å². The minimum atomic E-state index is -2.63. The third kappa shape index (κ3) is 1.45. The Bertz CT molecular complexity index is 178. The minimum absolute atomic E-state index is 0.0556. The number of nitrogens with one attached hydrogen (secondary N) is 1. The Hall–Kier alpha value is -0.220. The summed E-state index contributed by atoms with van der Waals surface area (Å²) in [6.07, 6.45) is 1.75. The van der Waals surface area contributed by atoms with Crippen molar-refractivity contribution in [1.29, 1.82) is 0 Å². The third-order valence-electron chi connectivity index (χ3n) is 2.62. The van der Waals surface area contributed by atoms with Crippen LogP contribution in [-0.4, -0.2) is 31.2 Å². The van der Waals surface area contributed by atoms with Gasteiger partial charge in [-0.15, -0.1) is 0 Å². The summed E-state index contributed by atoms with van der Waals surface area (Å²) in [5.74, 6) is -2.63. The van der Waals surface area contributed by atoms with E-state index in [1.165, 1.54) is 0 Å². The Morgan fingerprint density at radius 2 is 2.08 bits per heavy atom. The van der Waals surface area contributed by atoms with Gasteiger partial charge in [-0.25, -0.2) is 8.78 Å². The molecule has 0 amide bonds. The maximum absolute atomic E-state index is 12.9. The summed E-state index contributed by atoms with van der Waals surface area (Å²) in [4.78, 5) is 0. The number of hydrogen-bond donors (Lipinski definition) is 1. The molecule has 1 N–H and O–H groups in total. The maximum atomic E-state index is 12.9. The van der Waals surface area contributed by atoms with Gasteiger partial charge < -0.3 is 10.1 Å². The zero-order chi connectivity index (χ0) is 8.66. The van der Waals surface area contributed by atoms with Gasteiger partial charge in [0.25, 0.3) is 5.92 Å². The maximum Gasteiger partial charge on any atom is 0.272 e. The Morgan fingerprint density at radius 1 is 1.25 bits per heavy atom. The average molecular weight is 177 g/mol. The topological polar surface area (TPSA) is 21.3 Å². The highest BCUT2D eigenvalue weighted by Crippen LogP contribution is 2.36. The van der Waals surface area contributed by atoms with Gasteiger partial charge in [-0.2, -0.15) is 0 Å². The lowest BCUT2D eigenvalue weighted by Gasteiger charge is -2.37. The lowest BCUT2D eigenvalue weighted by molar-refractivity contribution is -0.146. The van der Waals surface area contributed by atoms with Gasteiger partial charge >= 0.3 is 0 Å². The fraction of sp³-hybridized carbons (Fsp3) is 1.00. The molecule has 12 heavy (non-hydrogen) atoms. The second-order valence-electron chi connectivity index (χ2n) is 3.84. The molecule has 2 nitrogen and oxygen atoms in total. The summed E-state index contributed by atoms with van der Waals surface area (Å²) in [6.45, 7) is 0.887. The van der Waals surface area contributed by atoms with Crippen molar-refractivity contribution in [2.45, 2.75) is 30.7 Å². The Kier molecular flexibility index (Phi) is 1.84. The molecule has 2 saturated heterocycles. The summed E-state index contributed by atoms with van der Waals surface area (Å²) < 4.78 is 30.8. The first-order chi connectivity index (χ1) is 5.62. The van der Waals surface area contributed by atoms with E-state index in [1.54, 1.807) is 0 Å². The van der Waals surface area contributed by atoms with Crippen molar-refractivity contribution in [3.05, 3.63) is 0 Å². The van der Waals surface area contributed by atoms with Crippen LogP contribution in [0.5, 0.6) is 0 Å². The zero-order valence-corrected chi connectivity index (χ0v) is 6.91. The smallest absolute Gasteiger partial charge is 0.272 e. The van der Waals surface area contributed by atoms with Crippen molar-refractivity contribution in [3.63, 3.8) is 0 Å². The minimum Gasteiger partial charge on any atom is -0.373 e. The summed E-state index contributed by atoms with van der Waals surface area (Å²) in [7, 11) is 0. The summed E-state index contributed by atoms with van der Waals surface area (Å²) in [6, 6.07) is 0. The second-order valence-corrected chi connectivity index (χ2v) is 3.84. The quantitative estimate of drug-likeness (QED) is 0.599. The Balaban J connectivity index is 2.07.